The van der Waals surface area contributed by atoms with Gasteiger partial charge in [-0.3, -0.25) is 14.6 Å². The van der Waals surface area contributed by atoms with Gasteiger partial charge in [0.05, 0.1) is 18.7 Å². The molecule has 110 valence electrons. The fourth-order valence-corrected chi connectivity index (χ4v) is 2.06. The van der Waals surface area contributed by atoms with E-state index in [2.05, 4.69) is 4.98 Å². The van der Waals surface area contributed by atoms with Crippen LogP contribution in [0.4, 0.5) is 0 Å². The highest BCUT2D eigenvalue weighted by atomic mass is 16.4. The quantitative estimate of drug-likeness (QED) is 0.831. The van der Waals surface area contributed by atoms with E-state index in [4.69, 9.17) is 5.11 Å². The molecule has 0 saturated heterocycles. The Labute approximate surface area is 119 Å². The molecule has 0 atom stereocenters. The van der Waals surface area contributed by atoms with E-state index in [-0.39, 0.29) is 18.7 Å². The van der Waals surface area contributed by atoms with Crippen LogP contribution in [0.25, 0.3) is 0 Å². The molecule has 0 unspecified atom stereocenters. The number of carboxylic acids is 1. The Hall–Kier alpha value is -1.91. The van der Waals surface area contributed by atoms with Gasteiger partial charge in [0.2, 0.25) is 5.91 Å². The van der Waals surface area contributed by atoms with Gasteiger partial charge in [-0.25, -0.2) is 0 Å². The summed E-state index contributed by atoms with van der Waals surface area (Å²) < 4.78 is 0. The lowest BCUT2D eigenvalue weighted by Crippen LogP contribution is -2.34. The molecule has 0 aliphatic rings. The van der Waals surface area contributed by atoms with Crippen LogP contribution in [0.1, 0.15) is 39.3 Å². The molecule has 0 aromatic carbocycles. The van der Waals surface area contributed by atoms with Gasteiger partial charge in [-0.1, -0.05) is 19.9 Å². The van der Waals surface area contributed by atoms with Gasteiger partial charge >= 0.3 is 5.97 Å². The van der Waals surface area contributed by atoms with E-state index in [0.29, 0.717) is 13.1 Å². The van der Waals surface area contributed by atoms with Crippen LogP contribution in [0.15, 0.2) is 24.4 Å². The maximum absolute atomic E-state index is 12.3. The molecule has 1 rings (SSSR count). The zero-order chi connectivity index (χ0) is 15.2. The van der Waals surface area contributed by atoms with Crippen LogP contribution in [0.5, 0.6) is 0 Å². The molecule has 0 fully saturated rings. The van der Waals surface area contributed by atoms with Gasteiger partial charge in [0.1, 0.15) is 0 Å². The number of amides is 1. The van der Waals surface area contributed by atoms with Crippen LogP contribution in [0.2, 0.25) is 0 Å². The van der Waals surface area contributed by atoms with Crippen LogP contribution < -0.4 is 0 Å². The maximum Gasteiger partial charge on any atom is 0.303 e. The third-order valence-corrected chi connectivity index (χ3v) is 3.07. The van der Waals surface area contributed by atoms with Crippen molar-refractivity contribution in [3.8, 4) is 0 Å². The number of pyridine rings is 1. The predicted molar refractivity (Wildman–Crippen MR) is 76.0 cm³/mol. The highest BCUT2D eigenvalue weighted by Gasteiger charge is 2.27. The number of carbonyl (C=O) groups excluding carboxylic acids is 1. The Bertz CT molecular complexity index is 457. The second-order valence-corrected chi connectivity index (χ2v) is 5.64. The van der Waals surface area contributed by atoms with Crippen molar-refractivity contribution < 1.29 is 14.7 Å². The fraction of sp³-hybridized carbons (Fsp3) is 0.533. The minimum Gasteiger partial charge on any atom is -0.481 e. The Morgan fingerprint density at radius 3 is 2.50 bits per heavy atom. The maximum atomic E-state index is 12.3. The number of hydrogen-bond donors (Lipinski definition) is 1. The summed E-state index contributed by atoms with van der Waals surface area (Å²) in [5, 5.41) is 8.86. The van der Waals surface area contributed by atoms with Gasteiger partial charge in [0.25, 0.3) is 0 Å². The SMILES string of the molecule is CCN(Cc1ccccn1)C(=O)CC(C)(C)CC(=O)O. The zero-order valence-electron chi connectivity index (χ0n) is 12.3. The number of carboxylic acid groups (broad SMARTS) is 1. The molecule has 5 nitrogen and oxygen atoms in total. The minimum absolute atomic E-state index is 0.0140. The summed E-state index contributed by atoms with van der Waals surface area (Å²) in [6.07, 6.45) is 1.90. The highest BCUT2D eigenvalue weighted by molar-refractivity contribution is 5.78. The smallest absolute Gasteiger partial charge is 0.303 e. The van der Waals surface area contributed by atoms with E-state index >= 15 is 0 Å². The van der Waals surface area contributed by atoms with Crippen molar-refractivity contribution in [1.29, 1.82) is 0 Å². The van der Waals surface area contributed by atoms with E-state index < -0.39 is 11.4 Å². The van der Waals surface area contributed by atoms with Gasteiger partial charge in [0, 0.05) is 19.2 Å². The van der Waals surface area contributed by atoms with Gasteiger partial charge in [-0.2, -0.15) is 0 Å². The number of rotatable bonds is 7. The Balaban J connectivity index is 2.65. The molecule has 5 heteroatoms. The lowest BCUT2D eigenvalue weighted by atomic mass is 9.85. The summed E-state index contributed by atoms with van der Waals surface area (Å²) in [7, 11) is 0. The average Bonchev–Trinajstić information content (AvgIpc) is 2.34. The molecule has 0 aliphatic heterocycles. The number of nitrogens with zero attached hydrogens (tertiary/aromatic N) is 2. The fourth-order valence-electron chi connectivity index (χ4n) is 2.06. The van der Waals surface area contributed by atoms with Crippen molar-refractivity contribution in [2.75, 3.05) is 6.54 Å². The van der Waals surface area contributed by atoms with Crippen molar-refractivity contribution in [2.45, 2.75) is 40.2 Å². The molecule has 0 aliphatic carbocycles. The Kier molecular flexibility index (Phi) is 5.67. The molecule has 0 radical (unpaired) electrons. The minimum atomic E-state index is -0.879. The highest BCUT2D eigenvalue weighted by Crippen LogP contribution is 2.26. The summed E-state index contributed by atoms with van der Waals surface area (Å²) in [5.74, 6) is -0.917. The molecule has 1 heterocycles. The van der Waals surface area contributed by atoms with Gasteiger partial charge in [-0.15, -0.1) is 0 Å². The van der Waals surface area contributed by atoms with Gasteiger partial charge in [0.15, 0.2) is 0 Å². The molecule has 0 spiro atoms. The summed E-state index contributed by atoms with van der Waals surface area (Å²) in [6, 6.07) is 5.59. The molecular formula is C15H22N2O3. The average molecular weight is 278 g/mol. The molecular weight excluding hydrogens is 256 g/mol. The monoisotopic (exact) mass is 278 g/mol. The van der Waals surface area contributed by atoms with E-state index in [0.717, 1.165) is 5.69 Å². The van der Waals surface area contributed by atoms with Crippen LogP contribution >= 0.6 is 0 Å². The van der Waals surface area contributed by atoms with E-state index in [9.17, 15) is 9.59 Å². The van der Waals surface area contributed by atoms with Crippen LogP contribution in [-0.4, -0.2) is 33.4 Å². The number of aromatic nitrogens is 1. The van der Waals surface area contributed by atoms with Crippen molar-refractivity contribution in [3.05, 3.63) is 30.1 Å². The first-order valence-corrected chi connectivity index (χ1v) is 6.73. The van der Waals surface area contributed by atoms with Gasteiger partial charge < -0.3 is 10.0 Å². The lowest BCUT2D eigenvalue weighted by molar-refractivity contribution is -0.140. The standard InChI is InChI=1S/C15H22N2O3/c1-4-17(11-12-7-5-6-8-16-12)13(18)9-15(2,3)10-14(19)20/h5-8H,4,9-11H2,1-3H3,(H,19,20). The lowest BCUT2D eigenvalue weighted by Gasteiger charge is -2.27. The molecule has 1 aromatic rings. The predicted octanol–water partition coefficient (Wildman–Crippen LogP) is 2.32. The summed E-state index contributed by atoms with van der Waals surface area (Å²) in [6.45, 7) is 6.55. The number of carbonyl (C=O) groups is 2. The summed E-state index contributed by atoms with van der Waals surface area (Å²) in [5.41, 5.74) is 0.291. The van der Waals surface area contributed by atoms with E-state index in [1.54, 1.807) is 24.9 Å². The molecule has 0 saturated carbocycles. The second kappa shape index (κ2) is 7.03. The molecule has 1 aromatic heterocycles. The normalized spacial score (nSPS) is 11.2. The molecule has 0 bridgehead atoms. The van der Waals surface area contributed by atoms with E-state index in [1.807, 2.05) is 25.1 Å². The first-order valence-electron chi connectivity index (χ1n) is 6.73. The third kappa shape index (κ3) is 5.38. The Morgan fingerprint density at radius 2 is 2.00 bits per heavy atom. The first kappa shape index (κ1) is 16.1. The Morgan fingerprint density at radius 1 is 1.30 bits per heavy atom. The van der Waals surface area contributed by atoms with Crippen LogP contribution in [-0.2, 0) is 16.1 Å². The summed E-state index contributed by atoms with van der Waals surface area (Å²) in [4.78, 5) is 29.0. The number of hydrogen-bond acceptors (Lipinski definition) is 3. The molecule has 1 N–H and O–H groups in total. The van der Waals surface area contributed by atoms with E-state index in [1.165, 1.54) is 0 Å². The van der Waals surface area contributed by atoms with Crippen LogP contribution in [0, 0.1) is 5.41 Å². The molecule has 20 heavy (non-hydrogen) atoms. The van der Waals surface area contributed by atoms with Crippen molar-refractivity contribution in [3.63, 3.8) is 0 Å². The first-order chi connectivity index (χ1) is 9.34. The van der Waals surface area contributed by atoms with Gasteiger partial charge in [-0.05, 0) is 24.5 Å². The topological polar surface area (TPSA) is 70.5 Å². The third-order valence-electron chi connectivity index (χ3n) is 3.07. The van der Waals surface area contributed by atoms with Crippen molar-refractivity contribution in [2.24, 2.45) is 5.41 Å². The zero-order valence-corrected chi connectivity index (χ0v) is 12.3. The second-order valence-electron chi connectivity index (χ2n) is 5.64. The molecule has 1 amide bonds. The largest absolute Gasteiger partial charge is 0.481 e. The number of aliphatic carboxylic acids is 1. The van der Waals surface area contributed by atoms with Crippen molar-refractivity contribution >= 4 is 11.9 Å². The van der Waals surface area contributed by atoms with Crippen molar-refractivity contribution in [1.82, 2.24) is 9.88 Å². The summed E-state index contributed by atoms with van der Waals surface area (Å²) >= 11 is 0. The van der Waals surface area contributed by atoms with Crippen LogP contribution in [0.3, 0.4) is 0 Å².